The minimum absolute atomic E-state index is 0.0249. The van der Waals surface area contributed by atoms with Gasteiger partial charge in [-0.05, 0) is 31.9 Å². The Morgan fingerprint density at radius 3 is 2.88 bits per heavy atom. The van der Waals surface area contributed by atoms with Gasteiger partial charge in [0.05, 0.1) is 16.7 Å². The first-order chi connectivity index (χ1) is 12.1. The first-order valence-electron chi connectivity index (χ1n) is 8.48. The van der Waals surface area contributed by atoms with Gasteiger partial charge in [0.25, 0.3) is 5.56 Å². The maximum atomic E-state index is 12.8. The minimum atomic E-state index is -0.0702. The third-order valence-electron chi connectivity index (χ3n) is 3.99. The molecule has 1 amide bonds. The molecule has 0 bridgehead atoms. The molecule has 0 saturated carbocycles. The number of carbonyl (C=O) groups excluding carboxylic acids is 1. The first-order valence-corrected chi connectivity index (χ1v) is 9.46. The molecule has 1 atom stereocenters. The second-order valence-corrected chi connectivity index (χ2v) is 6.77. The molecule has 2 aromatic rings. The number of methoxy groups -OCH3 is 1. The standard InChI is InChI=1S/C18H25N3O3S/c1-4-13(2)21-17(23)14-8-5-6-9-15(14)20-18(21)25-12-16(22)19-10-7-11-24-3/h5-6,8-9,13H,4,7,10-12H2,1-3H3,(H,19,22)/t13-/m0/s1. The van der Waals surface area contributed by atoms with Crippen LogP contribution in [0.4, 0.5) is 0 Å². The van der Waals surface area contributed by atoms with Crippen LogP contribution in [0.25, 0.3) is 10.9 Å². The van der Waals surface area contributed by atoms with Crippen molar-refractivity contribution in [3.63, 3.8) is 0 Å². The zero-order valence-electron chi connectivity index (χ0n) is 14.9. The summed E-state index contributed by atoms with van der Waals surface area (Å²) in [5, 5.41) is 4.04. The molecule has 0 aliphatic rings. The maximum absolute atomic E-state index is 12.8. The Morgan fingerprint density at radius 2 is 2.16 bits per heavy atom. The van der Waals surface area contributed by atoms with Crippen LogP contribution in [0, 0.1) is 0 Å². The van der Waals surface area contributed by atoms with Gasteiger partial charge in [-0.25, -0.2) is 4.98 Å². The van der Waals surface area contributed by atoms with E-state index >= 15 is 0 Å². The predicted octanol–water partition coefficient (Wildman–Crippen LogP) is 2.61. The second kappa shape index (κ2) is 9.58. The van der Waals surface area contributed by atoms with Crippen molar-refractivity contribution in [1.29, 1.82) is 0 Å². The summed E-state index contributed by atoms with van der Waals surface area (Å²) in [6.45, 7) is 5.22. The van der Waals surface area contributed by atoms with E-state index in [0.717, 1.165) is 12.8 Å². The Bertz CT molecular complexity index is 776. The fraction of sp³-hybridized carbons (Fsp3) is 0.500. The number of rotatable bonds is 9. The van der Waals surface area contributed by atoms with E-state index in [4.69, 9.17) is 4.74 Å². The molecule has 1 N–H and O–H groups in total. The number of hydrogen-bond acceptors (Lipinski definition) is 5. The van der Waals surface area contributed by atoms with Crippen LogP contribution in [0.1, 0.15) is 32.7 Å². The molecule has 0 radical (unpaired) electrons. The van der Waals surface area contributed by atoms with Crippen molar-refractivity contribution >= 4 is 28.6 Å². The number of nitrogens with one attached hydrogen (secondary N) is 1. The number of ether oxygens (including phenoxy) is 1. The van der Waals surface area contributed by atoms with E-state index in [1.165, 1.54) is 11.8 Å². The normalized spacial score (nSPS) is 12.3. The summed E-state index contributed by atoms with van der Waals surface area (Å²) in [4.78, 5) is 29.4. The van der Waals surface area contributed by atoms with E-state index in [2.05, 4.69) is 10.3 Å². The Hall–Kier alpha value is -1.86. The number of benzene rings is 1. The molecule has 0 saturated heterocycles. The zero-order valence-corrected chi connectivity index (χ0v) is 15.8. The predicted molar refractivity (Wildman–Crippen MR) is 101 cm³/mol. The monoisotopic (exact) mass is 363 g/mol. The lowest BCUT2D eigenvalue weighted by molar-refractivity contribution is -0.118. The summed E-state index contributed by atoms with van der Waals surface area (Å²) in [6.07, 6.45) is 1.59. The zero-order chi connectivity index (χ0) is 18.2. The van der Waals surface area contributed by atoms with Crippen molar-refractivity contribution in [2.45, 2.75) is 37.9 Å². The number of fused-ring (bicyclic) bond motifs is 1. The minimum Gasteiger partial charge on any atom is -0.385 e. The Balaban J connectivity index is 2.18. The molecule has 0 fully saturated rings. The molecule has 6 nitrogen and oxygen atoms in total. The van der Waals surface area contributed by atoms with Crippen LogP contribution in [0.15, 0.2) is 34.2 Å². The molecule has 1 heterocycles. The largest absolute Gasteiger partial charge is 0.385 e. The maximum Gasteiger partial charge on any atom is 0.262 e. The van der Waals surface area contributed by atoms with Crippen molar-refractivity contribution in [2.24, 2.45) is 0 Å². The highest BCUT2D eigenvalue weighted by Crippen LogP contribution is 2.22. The molecule has 136 valence electrons. The van der Waals surface area contributed by atoms with E-state index in [9.17, 15) is 9.59 Å². The van der Waals surface area contributed by atoms with Gasteiger partial charge in [0.1, 0.15) is 0 Å². The van der Waals surface area contributed by atoms with Gasteiger partial charge in [0, 0.05) is 26.3 Å². The molecule has 0 spiro atoms. The molecule has 25 heavy (non-hydrogen) atoms. The molecular formula is C18H25N3O3S. The highest BCUT2D eigenvalue weighted by molar-refractivity contribution is 7.99. The Labute approximate surface area is 152 Å². The first kappa shape index (κ1) is 19.5. The van der Waals surface area contributed by atoms with Crippen LogP contribution in [0.5, 0.6) is 0 Å². The van der Waals surface area contributed by atoms with Crippen molar-refractivity contribution in [1.82, 2.24) is 14.9 Å². The van der Waals surface area contributed by atoms with Crippen LogP contribution in [0.3, 0.4) is 0 Å². The Kier molecular flexibility index (Phi) is 7.46. The average Bonchev–Trinajstić information content (AvgIpc) is 2.63. The highest BCUT2D eigenvalue weighted by Gasteiger charge is 2.16. The molecule has 7 heteroatoms. The summed E-state index contributed by atoms with van der Waals surface area (Å²) in [6, 6.07) is 7.34. The number of amides is 1. The lowest BCUT2D eigenvalue weighted by atomic mass is 10.2. The summed E-state index contributed by atoms with van der Waals surface area (Å²) in [5.41, 5.74) is 0.609. The summed E-state index contributed by atoms with van der Waals surface area (Å²) < 4.78 is 6.66. The van der Waals surface area contributed by atoms with Crippen molar-refractivity contribution in [3.8, 4) is 0 Å². The molecule has 0 unspecified atom stereocenters. The van der Waals surface area contributed by atoms with Crippen LogP contribution >= 0.6 is 11.8 Å². The molecule has 2 rings (SSSR count). The van der Waals surface area contributed by atoms with Gasteiger partial charge in [-0.1, -0.05) is 30.8 Å². The van der Waals surface area contributed by atoms with Crippen LogP contribution < -0.4 is 10.9 Å². The fourth-order valence-corrected chi connectivity index (χ4v) is 3.35. The smallest absolute Gasteiger partial charge is 0.262 e. The van der Waals surface area contributed by atoms with Crippen LogP contribution in [-0.4, -0.2) is 41.5 Å². The molecule has 1 aromatic carbocycles. The molecular weight excluding hydrogens is 338 g/mol. The van der Waals surface area contributed by atoms with E-state index in [-0.39, 0.29) is 23.3 Å². The van der Waals surface area contributed by atoms with E-state index in [1.807, 2.05) is 32.0 Å². The van der Waals surface area contributed by atoms with Crippen LogP contribution in [-0.2, 0) is 9.53 Å². The quantitative estimate of drug-likeness (QED) is 0.421. The van der Waals surface area contributed by atoms with Crippen molar-refractivity contribution in [2.75, 3.05) is 26.0 Å². The molecule has 1 aromatic heterocycles. The van der Waals surface area contributed by atoms with Gasteiger partial charge in [-0.2, -0.15) is 0 Å². The van der Waals surface area contributed by atoms with E-state index in [0.29, 0.717) is 29.2 Å². The molecule has 0 aliphatic carbocycles. The highest BCUT2D eigenvalue weighted by atomic mass is 32.2. The van der Waals surface area contributed by atoms with Gasteiger partial charge in [-0.3, -0.25) is 14.2 Å². The van der Waals surface area contributed by atoms with Crippen molar-refractivity contribution in [3.05, 3.63) is 34.6 Å². The Morgan fingerprint density at radius 1 is 1.40 bits per heavy atom. The number of aromatic nitrogens is 2. The van der Waals surface area contributed by atoms with Crippen molar-refractivity contribution < 1.29 is 9.53 Å². The average molecular weight is 363 g/mol. The van der Waals surface area contributed by atoms with Gasteiger partial charge in [0.2, 0.25) is 5.91 Å². The number of carbonyl (C=O) groups is 1. The third-order valence-corrected chi connectivity index (χ3v) is 4.94. The number of hydrogen-bond donors (Lipinski definition) is 1. The van der Waals surface area contributed by atoms with E-state index in [1.54, 1.807) is 17.7 Å². The van der Waals surface area contributed by atoms with Gasteiger partial charge in [0.15, 0.2) is 5.16 Å². The molecule has 0 aliphatic heterocycles. The topological polar surface area (TPSA) is 73.2 Å². The fourth-order valence-electron chi connectivity index (χ4n) is 2.42. The summed E-state index contributed by atoms with van der Waals surface area (Å²) in [7, 11) is 1.64. The number of para-hydroxylation sites is 1. The lowest BCUT2D eigenvalue weighted by Gasteiger charge is -2.18. The lowest BCUT2D eigenvalue weighted by Crippen LogP contribution is -2.29. The number of thioether (sulfide) groups is 1. The summed E-state index contributed by atoms with van der Waals surface area (Å²) in [5.74, 6) is 0.160. The van der Waals surface area contributed by atoms with E-state index < -0.39 is 0 Å². The SMILES string of the molecule is CC[C@H](C)n1c(SCC(=O)NCCCOC)nc2ccccc2c1=O. The third kappa shape index (κ3) is 5.06. The second-order valence-electron chi connectivity index (χ2n) is 5.83. The van der Waals surface area contributed by atoms with Crippen LogP contribution in [0.2, 0.25) is 0 Å². The summed E-state index contributed by atoms with van der Waals surface area (Å²) >= 11 is 1.30. The van der Waals surface area contributed by atoms with Gasteiger partial charge in [-0.15, -0.1) is 0 Å². The van der Waals surface area contributed by atoms with Gasteiger partial charge >= 0.3 is 0 Å². The van der Waals surface area contributed by atoms with Gasteiger partial charge < -0.3 is 10.1 Å². The number of nitrogens with zero attached hydrogens (tertiary/aromatic N) is 2.